The van der Waals surface area contributed by atoms with Gasteiger partial charge in [-0.05, 0) is 53.5 Å². The number of hydrogen-bond donors (Lipinski definition) is 1. The molecule has 2 rings (SSSR count). The molecule has 1 N–H and O–H groups in total. The fourth-order valence-corrected chi connectivity index (χ4v) is 3.05. The van der Waals surface area contributed by atoms with E-state index in [-0.39, 0.29) is 11.9 Å². The average Bonchev–Trinajstić information content (AvgIpc) is 2.41. The molecule has 0 aliphatic carbocycles. The number of carbonyl (C=O) groups is 1. The van der Waals surface area contributed by atoms with Crippen LogP contribution in [0.4, 0.5) is 0 Å². The molecule has 0 saturated carbocycles. The van der Waals surface area contributed by atoms with Crippen LogP contribution in [0.5, 0.6) is 0 Å². The normalized spacial score (nSPS) is 12.0. The van der Waals surface area contributed by atoms with Crippen molar-refractivity contribution in [2.75, 3.05) is 0 Å². The molecule has 0 saturated heterocycles. The molecule has 0 spiro atoms. The minimum atomic E-state index is -0.0798. The van der Waals surface area contributed by atoms with Crippen molar-refractivity contribution in [1.82, 2.24) is 5.32 Å². The summed E-state index contributed by atoms with van der Waals surface area (Å²) in [4.78, 5) is 12.4. The van der Waals surface area contributed by atoms with Gasteiger partial charge in [0.25, 0.3) is 5.91 Å². The van der Waals surface area contributed by atoms with Gasteiger partial charge in [-0.3, -0.25) is 4.79 Å². The van der Waals surface area contributed by atoms with Crippen molar-refractivity contribution in [1.29, 1.82) is 0 Å². The largest absolute Gasteiger partial charge is 0.345 e. The molecule has 2 aromatic carbocycles. The monoisotopic (exact) mass is 395 g/mol. The Balaban J connectivity index is 2.20. The van der Waals surface area contributed by atoms with E-state index in [1.807, 2.05) is 56.3 Å². The van der Waals surface area contributed by atoms with E-state index in [1.165, 1.54) is 0 Å². The topological polar surface area (TPSA) is 29.1 Å². The summed E-state index contributed by atoms with van der Waals surface area (Å²) in [5, 5.41) is 3.02. The molecule has 4 heteroatoms. The van der Waals surface area contributed by atoms with E-state index in [2.05, 4.69) is 37.2 Å². The Kier molecular flexibility index (Phi) is 5.00. The maximum atomic E-state index is 12.4. The van der Waals surface area contributed by atoms with Crippen LogP contribution in [0.3, 0.4) is 0 Å². The molecule has 0 aliphatic heterocycles. The fraction of sp³-hybridized carbons (Fsp3) is 0.188. The minimum Gasteiger partial charge on any atom is -0.345 e. The molecule has 2 aromatic rings. The van der Waals surface area contributed by atoms with Crippen LogP contribution in [-0.4, -0.2) is 5.91 Å². The summed E-state index contributed by atoms with van der Waals surface area (Å²) < 4.78 is 1.80. The van der Waals surface area contributed by atoms with Gasteiger partial charge in [0.05, 0.1) is 11.6 Å². The molecule has 0 heterocycles. The van der Waals surface area contributed by atoms with Crippen LogP contribution >= 0.6 is 31.9 Å². The lowest BCUT2D eigenvalue weighted by Gasteiger charge is -2.16. The van der Waals surface area contributed by atoms with E-state index in [9.17, 15) is 4.79 Å². The number of rotatable bonds is 3. The zero-order chi connectivity index (χ0) is 14.7. The predicted octanol–water partition coefficient (Wildman–Crippen LogP) is 5.01. The Hall–Kier alpha value is -1.13. The number of halogens is 2. The summed E-state index contributed by atoms with van der Waals surface area (Å²) in [6.45, 7) is 3.95. The van der Waals surface area contributed by atoms with Gasteiger partial charge in [-0.25, -0.2) is 0 Å². The molecular formula is C16H15Br2NO. The van der Waals surface area contributed by atoms with Gasteiger partial charge in [-0.1, -0.05) is 45.8 Å². The molecule has 1 atom stereocenters. The zero-order valence-electron chi connectivity index (χ0n) is 11.3. The second kappa shape index (κ2) is 6.55. The highest BCUT2D eigenvalue weighted by molar-refractivity contribution is 9.10. The quantitative estimate of drug-likeness (QED) is 0.775. The number of nitrogens with one attached hydrogen (secondary N) is 1. The summed E-state index contributed by atoms with van der Waals surface area (Å²) in [5.74, 6) is -0.0798. The fourth-order valence-electron chi connectivity index (χ4n) is 1.99. The Morgan fingerprint density at radius 2 is 1.80 bits per heavy atom. The minimum absolute atomic E-state index is 0.0644. The number of carbonyl (C=O) groups excluding carboxylic acids is 1. The molecule has 20 heavy (non-hydrogen) atoms. The highest BCUT2D eigenvalue weighted by Crippen LogP contribution is 2.24. The Morgan fingerprint density at radius 3 is 2.50 bits per heavy atom. The zero-order valence-corrected chi connectivity index (χ0v) is 14.5. The van der Waals surface area contributed by atoms with E-state index in [1.54, 1.807) is 0 Å². The molecule has 104 valence electrons. The highest BCUT2D eigenvalue weighted by Gasteiger charge is 2.15. The lowest BCUT2D eigenvalue weighted by molar-refractivity contribution is 0.0939. The third-order valence-electron chi connectivity index (χ3n) is 3.09. The van der Waals surface area contributed by atoms with Gasteiger partial charge in [0.1, 0.15) is 0 Å². The van der Waals surface area contributed by atoms with E-state index in [4.69, 9.17) is 0 Å². The van der Waals surface area contributed by atoms with Gasteiger partial charge in [0, 0.05) is 8.95 Å². The van der Waals surface area contributed by atoms with E-state index >= 15 is 0 Å². The van der Waals surface area contributed by atoms with Crippen LogP contribution in [0, 0.1) is 6.92 Å². The van der Waals surface area contributed by atoms with E-state index < -0.39 is 0 Å². The summed E-state index contributed by atoms with van der Waals surface area (Å²) in [6.07, 6.45) is 0. The summed E-state index contributed by atoms with van der Waals surface area (Å²) in [7, 11) is 0. The molecule has 1 unspecified atom stereocenters. The number of benzene rings is 2. The van der Waals surface area contributed by atoms with E-state index in [0.717, 1.165) is 20.1 Å². The van der Waals surface area contributed by atoms with Crippen LogP contribution in [0.15, 0.2) is 51.4 Å². The third kappa shape index (κ3) is 3.49. The number of hydrogen-bond acceptors (Lipinski definition) is 1. The molecule has 1 amide bonds. The Morgan fingerprint density at radius 1 is 1.10 bits per heavy atom. The van der Waals surface area contributed by atoms with Crippen molar-refractivity contribution in [2.24, 2.45) is 0 Å². The van der Waals surface area contributed by atoms with Crippen molar-refractivity contribution < 1.29 is 4.79 Å². The molecule has 0 aromatic heterocycles. The third-order valence-corrected chi connectivity index (χ3v) is 4.50. The maximum absolute atomic E-state index is 12.4. The average molecular weight is 397 g/mol. The summed E-state index contributed by atoms with van der Waals surface area (Å²) >= 11 is 6.93. The standard InChI is InChI=1S/C16H15Br2NO/c1-10-7-8-15(18)13(9-10)16(20)19-11(2)12-5-3-4-6-14(12)17/h3-9,11H,1-2H3,(H,19,20). The first-order valence-corrected chi connectivity index (χ1v) is 7.89. The van der Waals surface area contributed by atoms with Gasteiger partial charge < -0.3 is 5.32 Å². The van der Waals surface area contributed by atoms with Crippen molar-refractivity contribution in [3.8, 4) is 0 Å². The molecule has 0 radical (unpaired) electrons. The second-order valence-electron chi connectivity index (χ2n) is 4.70. The highest BCUT2D eigenvalue weighted by atomic mass is 79.9. The van der Waals surface area contributed by atoms with Crippen LogP contribution < -0.4 is 5.32 Å². The maximum Gasteiger partial charge on any atom is 0.252 e. The van der Waals surface area contributed by atoms with Crippen LogP contribution in [0.1, 0.15) is 34.5 Å². The van der Waals surface area contributed by atoms with Gasteiger partial charge in [0.15, 0.2) is 0 Å². The molecule has 2 nitrogen and oxygen atoms in total. The molecule has 0 aliphatic rings. The Bertz CT molecular complexity index is 640. The summed E-state index contributed by atoms with van der Waals surface area (Å²) in [6, 6.07) is 13.6. The number of amides is 1. The lowest BCUT2D eigenvalue weighted by Crippen LogP contribution is -2.27. The first-order chi connectivity index (χ1) is 9.49. The lowest BCUT2D eigenvalue weighted by atomic mass is 10.1. The van der Waals surface area contributed by atoms with Crippen molar-refractivity contribution >= 4 is 37.8 Å². The SMILES string of the molecule is Cc1ccc(Br)c(C(=O)NC(C)c2ccccc2Br)c1. The van der Waals surface area contributed by atoms with Crippen LogP contribution in [-0.2, 0) is 0 Å². The van der Waals surface area contributed by atoms with Crippen molar-refractivity contribution in [2.45, 2.75) is 19.9 Å². The predicted molar refractivity (Wildman–Crippen MR) is 88.9 cm³/mol. The van der Waals surface area contributed by atoms with E-state index in [0.29, 0.717) is 5.56 Å². The molecular weight excluding hydrogens is 382 g/mol. The van der Waals surface area contributed by atoms with Gasteiger partial charge in [-0.2, -0.15) is 0 Å². The second-order valence-corrected chi connectivity index (χ2v) is 6.41. The van der Waals surface area contributed by atoms with Crippen LogP contribution in [0.25, 0.3) is 0 Å². The van der Waals surface area contributed by atoms with Gasteiger partial charge in [-0.15, -0.1) is 0 Å². The Labute approximate surface area is 135 Å². The van der Waals surface area contributed by atoms with Crippen LogP contribution in [0.2, 0.25) is 0 Å². The van der Waals surface area contributed by atoms with Gasteiger partial charge >= 0.3 is 0 Å². The molecule has 0 fully saturated rings. The smallest absolute Gasteiger partial charge is 0.252 e. The van der Waals surface area contributed by atoms with Crippen molar-refractivity contribution in [3.05, 3.63) is 68.1 Å². The first kappa shape index (κ1) is 15.3. The summed E-state index contributed by atoms with van der Waals surface area (Å²) in [5.41, 5.74) is 2.78. The first-order valence-electron chi connectivity index (χ1n) is 6.30. The number of aryl methyl sites for hydroxylation is 1. The van der Waals surface area contributed by atoms with Gasteiger partial charge in [0.2, 0.25) is 0 Å². The van der Waals surface area contributed by atoms with Crippen molar-refractivity contribution in [3.63, 3.8) is 0 Å². The molecule has 0 bridgehead atoms.